The molecule has 3 aromatic rings. The molecule has 3 aromatic heterocycles. The van der Waals surface area contributed by atoms with Crippen LogP contribution in [-0.2, 0) is 36.7 Å². The van der Waals surface area contributed by atoms with Crippen LogP contribution in [0.3, 0.4) is 0 Å². The number of imidazole rings is 1. The maximum atomic E-state index is 15.7. The standard InChI is InChI=1S/C19H21F2N7O11P2S/c20-10-8-4-35-41(33,42)39-14-11(21)7(36-17(14)27-2-1-9(29)26-19(27)30)3-34-40(31,32)38-13(10)18(37-8)28-6-25-12-15(22)23-5-24-16(12)28/h1-2,5-8,10-11,13-14,17-18H,3-4H2,(H,31,32)(H,33,42)(H2,22,23,24)(H,26,29,30)/t7-,8-,10-,11-,13-,14-,17-,18-,41+/m1/s1. The van der Waals surface area contributed by atoms with E-state index in [4.69, 9.17) is 33.3 Å². The van der Waals surface area contributed by atoms with Crippen LogP contribution in [0.1, 0.15) is 12.5 Å². The number of rotatable bonds is 2. The van der Waals surface area contributed by atoms with E-state index in [1.54, 1.807) is 0 Å². The lowest BCUT2D eigenvalue weighted by atomic mass is 10.1. The number of hydrogen-bond acceptors (Lipinski definition) is 14. The van der Waals surface area contributed by atoms with Crippen LogP contribution in [0.15, 0.2) is 34.5 Å². The topological polar surface area (TPSA) is 234 Å². The Morgan fingerprint density at radius 3 is 2.33 bits per heavy atom. The van der Waals surface area contributed by atoms with E-state index in [-0.39, 0.29) is 17.0 Å². The van der Waals surface area contributed by atoms with Crippen molar-refractivity contribution >= 4 is 43.9 Å². The minimum absolute atomic E-state index is 0.00753. The molecule has 0 aliphatic carbocycles. The SMILES string of the molecule is Nc1ncnc2c1ncn2[C@@H]1O[C@@H]2CO[P@](=O)(S)O[C@@H]3[C@H](F)[C@@H](COP(=O)(O)O[C@@H]1[C@@H]2F)O[C@H]3n1ccc(=O)[nH]c1=O. The molecule has 3 fully saturated rings. The molecule has 3 aliphatic heterocycles. The van der Waals surface area contributed by atoms with Crippen LogP contribution < -0.4 is 17.0 Å². The molecule has 10 atom stereocenters. The molecule has 1 unspecified atom stereocenters. The smallest absolute Gasteiger partial charge is 0.382 e. The minimum Gasteiger partial charge on any atom is -0.382 e. The number of nitrogens with two attached hydrogens (primary N) is 1. The Labute approximate surface area is 237 Å². The van der Waals surface area contributed by atoms with Crippen LogP contribution in [0, 0.1) is 0 Å². The third kappa shape index (κ3) is 5.45. The lowest BCUT2D eigenvalue weighted by Crippen LogP contribution is -2.37. The van der Waals surface area contributed by atoms with E-state index in [0.717, 1.165) is 29.5 Å². The van der Waals surface area contributed by atoms with Gasteiger partial charge in [0.25, 0.3) is 5.56 Å². The number of halogens is 2. The highest BCUT2D eigenvalue weighted by Gasteiger charge is 2.54. The lowest BCUT2D eigenvalue weighted by Gasteiger charge is -2.25. The number of phosphoric acid groups is 1. The molecule has 18 nitrogen and oxygen atoms in total. The highest BCUT2D eigenvalue weighted by Crippen LogP contribution is 2.58. The van der Waals surface area contributed by atoms with E-state index in [2.05, 4.69) is 27.2 Å². The number of phosphoric ester groups is 1. The highest BCUT2D eigenvalue weighted by atomic mass is 32.7. The first kappa shape index (κ1) is 29.5. The fraction of sp³-hybridized carbons (Fsp3) is 0.526. The maximum absolute atomic E-state index is 15.7. The van der Waals surface area contributed by atoms with Gasteiger partial charge in [0.05, 0.1) is 19.5 Å². The first-order valence-electron chi connectivity index (χ1n) is 12.0. The summed E-state index contributed by atoms with van der Waals surface area (Å²) in [6.07, 6.45) is -11.4. The minimum atomic E-state index is -5.17. The van der Waals surface area contributed by atoms with E-state index in [0.29, 0.717) is 0 Å². The number of ether oxygens (including phenoxy) is 2. The quantitative estimate of drug-likeness (QED) is 0.216. The molecule has 23 heteroatoms. The van der Waals surface area contributed by atoms with Crippen LogP contribution in [0.4, 0.5) is 14.6 Å². The third-order valence-electron chi connectivity index (χ3n) is 6.63. The van der Waals surface area contributed by atoms with Crippen LogP contribution >= 0.6 is 26.9 Å². The largest absolute Gasteiger partial charge is 0.472 e. The number of nitrogens with one attached hydrogen (secondary N) is 1. The Hall–Kier alpha value is -2.58. The van der Waals surface area contributed by atoms with Gasteiger partial charge in [-0.25, -0.2) is 37.7 Å². The van der Waals surface area contributed by atoms with Crippen LogP contribution in [0.2, 0.25) is 0 Å². The summed E-state index contributed by atoms with van der Waals surface area (Å²) in [7, 11) is -5.17. The van der Waals surface area contributed by atoms with Gasteiger partial charge < -0.3 is 20.1 Å². The van der Waals surface area contributed by atoms with Crippen molar-refractivity contribution in [2.75, 3.05) is 18.9 Å². The zero-order valence-electron chi connectivity index (χ0n) is 20.8. The van der Waals surface area contributed by atoms with Crippen molar-refractivity contribution in [3.8, 4) is 0 Å². The Morgan fingerprint density at radius 1 is 1.00 bits per heavy atom. The number of thiol groups is 1. The Kier molecular flexibility index (Phi) is 7.62. The van der Waals surface area contributed by atoms with Gasteiger partial charge in [-0.05, 0) is 0 Å². The number of anilines is 1. The predicted molar refractivity (Wildman–Crippen MR) is 137 cm³/mol. The summed E-state index contributed by atoms with van der Waals surface area (Å²) in [5.74, 6) is -0.00753. The molecule has 3 saturated heterocycles. The van der Waals surface area contributed by atoms with Crippen molar-refractivity contribution in [1.29, 1.82) is 0 Å². The van der Waals surface area contributed by atoms with Gasteiger partial charge in [-0.3, -0.25) is 37.0 Å². The zero-order chi connectivity index (χ0) is 30.0. The molecule has 4 N–H and O–H groups in total. The summed E-state index contributed by atoms with van der Waals surface area (Å²) in [5, 5.41) is 0. The fourth-order valence-electron chi connectivity index (χ4n) is 4.72. The Morgan fingerprint density at radius 2 is 1.64 bits per heavy atom. The molecule has 0 spiro atoms. The van der Waals surface area contributed by atoms with Crippen LogP contribution in [0.5, 0.6) is 0 Å². The maximum Gasteiger partial charge on any atom is 0.472 e. The molecule has 0 radical (unpaired) electrons. The van der Waals surface area contributed by atoms with Crippen molar-refractivity contribution in [2.24, 2.45) is 0 Å². The number of alkyl halides is 2. The van der Waals surface area contributed by atoms with Gasteiger partial charge in [0, 0.05) is 12.3 Å². The molecule has 0 amide bonds. The first-order chi connectivity index (χ1) is 19.8. The average molecular weight is 655 g/mol. The predicted octanol–water partition coefficient (Wildman–Crippen LogP) is 0.385. The second-order valence-electron chi connectivity index (χ2n) is 9.29. The van der Waals surface area contributed by atoms with Crippen molar-refractivity contribution < 1.29 is 50.4 Å². The van der Waals surface area contributed by atoms with Crippen molar-refractivity contribution in [1.82, 2.24) is 29.1 Å². The number of hydrogen-bond donors (Lipinski definition) is 4. The molecule has 42 heavy (non-hydrogen) atoms. The van der Waals surface area contributed by atoms with Gasteiger partial charge in [-0.15, -0.1) is 0 Å². The number of aromatic nitrogens is 6. The van der Waals surface area contributed by atoms with E-state index < -0.39 is 88.3 Å². The van der Waals surface area contributed by atoms with Crippen molar-refractivity contribution in [3.05, 3.63) is 45.8 Å². The number of fused-ring (bicyclic) bond motifs is 5. The highest BCUT2D eigenvalue weighted by molar-refractivity contribution is 8.44. The molecule has 0 saturated carbocycles. The summed E-state index contributed by atoms with van der Waals surface area (Å²) in [5.41, 5.74) is 4.20. The molecular weight excluding hydrogens is 634 g/mol. The van der Waals surface area contributed by atoms with Gasteiger partial charge >= 0.3 is 20.3 Å². The third-order valence-corrected chi connectivity index (χ3v) is 9.23. The zero-order valence-corrected chi connectivity index (χ0v) is 23.5. The summed E-state index contributed by atoms with van der Waals surface area (Å²) in [6.45, 7) is -6.34. The number of H-pyrrole nitrogens is 1. The Bertz CT molecular complexity index is 1730. The van der Waals surface area contributed by atoms with Gasteiger partial charge in [0.2, 0.25) is 0 Å². The molecule has 6 rings (SSSR count). The fourth-order valence-corrected chi connectivity index (χ4v) is 7.09. The molecule has 6 heterocycles. The molecular formula is C19H21F2N7O11P2S. The lowest BCUT2D eigenvalue weighted by molar-refractivity contribution is -0.0648. The molecule has 228 valence electrons. The summed E-state index contributed by atoms with van der Waals surface area (Å²) < 4.78 is 91.1. The van der Waals surface area contributed by atoms with Crippen molar-refractivity contribution in [2.45, 2.75) is 49.2 Å². The summed E-state index contributed by atoms with van der Waals surface area (Å²) in [4.78, 5) is 48.2. The van der Waals surface area contributed by atoms with Gasteiger partial charge in [-0.2, -0.15) is 0 Å². The van der Waals surface area contributed by atoms with Gasteiger partial charge in [0.1, 0.15) is 36.3 Å². The monoisotopic (exact) mass is 655 g/mol. The average Bonchev–Trinajstić information content (AvgIpc) is 3.57. The van der Waals surface area contributed by atoms with Crippen LogP contribution in [0.25, 0.3) is 11.2 Å². The second-order valence-corrected chi connectivity index (χ2v) is 13.6. The molecule has 0 aromatic carbocycles. The summed E-state index contributed by atoms with van der Waals surface area (Å²) >= 11 is 3.86. The molecule has 3 aliphatic rings. The first-order valence-corrected chi connectivity index (χ1v) is 16.2. The normalized spacial score (nSPS) is 39.3. The van der Waals surface area contributed by atoms with E-state index >= 15 is 8.78 Å². The van der Waals surface area contributed by atoms with Crippen molar-refractivity contribution in [3.63, 3.8) is 0 Å². The number of nitrogen functional groups attached to an aromatic ring is 1. The van der Waals surface area contributed by atoms with Gasteiger partial charge in [-0.1, -0.05) is 12.2 Å². The van der Waals surface area contributed by atoms with E-state index in [9.17, 15) is 23.6 Å². The van der Waals surface area contributed by atoms with Gasteiger partial charge in [0.15, 0.2) is 36.3 Å². The second kappa shape index (κ2) is 10.8. The van der Waals surface area contributed by atoms with E-state index in [1.807, 2.05) is 4.98 Å². The Balaban J connectivity index is 1.34. The summed E-state index contributed by atoms with van der Waals surface area (Å²) in [6, 6.07) is 0.934. The van der Waals surface area contributed by atoms with E-state index in [1.165, 1.54) is 4.57 Å². The molecule has 4 bridgehead atoms. The number of aromatic amines is 1. The number of nitrogens with zero attached hydrogens (tertiary/aromatic N) is 5. The van der Waals surface area contributed by atoms with Crippen LogP contribution in [-0.4, -0.2) is 83.9 Å².